The molecular weight excluding hydrogens is 516 g/mol. The number of benzene rings is 1. The lowest BCUT2D eigenvalue weighted by atomic mass is 9.92. The molecule has 0 bridgehead atoms. The van der Waals surface area contributed by atoms with Crippen LogP contribution in [-0.2, 0) is 14.8 Å². The summed E-state index contributed by atoms with van der Waals surface area (Å²) in [4.78, 5) is 28.0. The first-order valence-corrected chi connectivity index (χ1v) is 13.6. The van der Waals surface area contributed by atoms with Crippen molar-refractivity contribution < 1.29 is 18.0 Å². The van der Waals surface area contributed by atoms with Gasteiger partial charge < -0.3 is 16.0 Å². The molecule has 2 aliphatic rings. The molecule has 172 valence electrons. The van der Waals surface area contributed by atoms with Crippen LogP contribution < -0.4 is 11.1 Å². The fourth-order valence-corrected chi connectivity index (χ4v) is 7.26. The van der Waals surface area contributed by atoms with E-state index in [4.69, 9.17) is 5.73 Å². The first kappa shape index (κ1) is 23.4. The van der Waals surface area contributed by atoms with Crippen LogP contribution in [0.1, 0.15) is 36.0 Å². The van der Waals surface area contributed by atoms with Crippen molar-refractivity contribution in [3.63, 3.8) is 0 Å². The van der Waals surface area contributed by atoms with Gasteiger partial charge in [-0.15, -0.1) is 11.3 Å². The van der Waals surface area contributed by atoms with Gasteiger partial charge in [-0.1, -0.05) is 28.1 Å². The molecule has 11 heteroatoms. The second kappa shape index (κ2) is 9.60. The predicted molar refractivity (Wildman–Crippen MR) is 126 cm³/mol. The fourth-order valence-electron chi connectivity index (χ4n) is 4.20. The lowest BCUT2D eigenvalue weighted by Gasteiger charge is -2.32. The Labute approximate surface area is 199 Å². The van der Waals surface area contributed by atoms with Gasteiger partial charge in [-0.05, 0) is 55.3 Å². The summed E-state index contributed by atoms with van der Waals surface area (Å²) in [6.45, 7) is 0.178. The number of thiophene rings is 1. The number of amides is 2. The number of hydrogen-bond donors (Lipinski definition) is 2. The van der Waals surface area contributed by atoms with Crippen molar-refractivity contribution in [2.24, 2.45) is 5.73 Å². The normalized spacial score (nSPS) is 24.4. The van der Waals surface area contributed by atoms with Crippen LogP contribution >= 0.6 is 27.3 Å². The number of rotatable bonds is 5. The number of nitrogens with one attached hydrogen (secondary N) is 1. The Kier molecular flexibility index (Phi) is 7.01. The average Bonchev–Trinajstić information content (AvgIpc) is 3.46. The van der Waals surface area contributed by atoms with E-state index >= 15 is 0 Å². The molecule has 2 aromatic rings. The molecule has 1 aromatic carbocycles. The number of nitrogens with zero attached hydrogens (tertiary/aromatic N) is 2. The van der Waals surface area contributed by atoms with Crippen LogP contribution in [0, 0.1) is 0 Å². The molecule has 1 aromatic heterocycles. The summed E-state index contributed by atoms with van der Waals surface area (Å²) in [5.74, 6) is -0.868. The fraction of sp³-hybridized carbons (Fsp3) is 0.429. The number of hydrogen-bond acceptors (Lipinski definition) is 6. The molecule has 1 atom stereocenters. The zero-order valence-corrected chi connectivity index (χ0v) is 20.5. The minimum absolute atomic E-state index is 0.0492. The van der Waals surface area contributed by atoms with Crippen molar-refractivity contribution >= 4 is 49.1 Å². The van der Waals surface area contributed by atoms with E-state index in [0.29, 0.717) is 5.56 Å². The van der Waals surface area contributed by atoms with Gasteiger partial charge >= 0.3 is 0 Å². The molecule has 4 rings (SSSR count). The molecule has 32 heavy (non-hydrogen) atoms. The summed E-state index contributed by atoms with van der Waals surface area (Å²) in [6.07, 6.45) is 1.82. The lowest BCUT2D eigenvalue weighted by molar-refractivity contribution is -0.128. The van der Waals surface area contributed by atoms with Crippen LogP contribution in [0.5, 0.6) is 0 Å². The zero-order chi connectivity index (χ0) is 22.9. The first-order valence-electron chi connectivity index (χ1n) is 10.4. The van der Waals surface area contributed by atoms with Crippen molar-refractivity contribution in [2.45, 2.75) is 48.1 Å². The third kappa shape index (κ3) is 4.76. The van der Waals surface area contributed by atoms with E-state index in [-0.39, 0.29) is 35.3 Å². The van der Waals surface area contributed by atoms with E-state index in [2.05, 4.69) is 21.2 Å². The zero-order valence-electron chi connectivity index (χ0n) is 17.3. The van der Waals surface area contributed by atoms with E-state index in [0.717, 1.165) is 45.8 Å². The topological polar surface area (TPSA) is 113 Å². The highest BCUT2D eigenvalue weighted by Gasteiger charge is 2.47. The van der Waals surface area contributed by atoms with Crippen LogP contribution in [-0.4, -0.2) is 60.8 Å². The van der Waals surface area contributed by atoms with Gasteiger partial charge in [0.15, 0.2) is 6.17 Å². The highest BCUT2D eigenvalue weighted by atomic mass is 79.9. The minimum atomic E-state index is -3.93. The number of carbonyl (C=O) groups excluding carboxylic acids is 2. The number of nitrogens with two attached hydrogens (primary N) is 1. The number of halogens is 1. The Morgan fingerprint density at radius 3 is 2.50 bits per heavy atom. The van der Waals surface area contributed by atoms with Crippen molar-refractivity contribution in [3.05, 3.63) is 51.8 Å². The van der Waals surface area contributed by atoms with Crippen LogP contribution in [0.15, 0.2) is 50.5 Å². The molecule has 1 unspecified atom stereocenters. The molecule has 8 nitrogen and oxygen atoms in total. The predicted octanol–water partition coefficient (Wildman–Crippen LogP) is 2.37. The maximum atomic E-state index is 13.4. The van der Waals surface area contributed by atoms with E-state index < -0.39 is 22.1 Å². The maximum Gasteiger partial charge on any atom is 0.259 e. The third-order valence-corrected chi connectivity index (χ3v) is 9.59. The van der Waals surface area contributed by atoms with Gasteiger partial charge in [0, 0.05) is 35.2 Å². The van der Waals surface area contributed by atoms with Crippen molar-refractivity contribution in [3.8, 4) is 0 Å². The molecule has 2 fully saturated rings. The van der Waals surface area contributed by atoms with Gasteiger partial charge in [0.05, 0.1) is 0 Å². The van der Waals surface area contributed by atoms with E-state index in [1.165, 1.54) is 11.0 Å². The molecule has 1 saturated heterocycles. The lowest BCUT2D eigenvalue weighted by Crippen LogP contribution is -2.56. The van der Waals surface area contributed by atoms with Gasteiger partial charge in [0.2, 0.25) is 0 Å². The van der Waals surface area contributed by atoms with E-state index in [1.54, 1.807) is 35.7 Å². The summed E-state index contributed by atoms with van der Waals surface area (Å²) in [5.41, 5.74) is 6.35. The van der Waals surface area contributed by atoms with Crippen LogP contribution in [0.25, 0.3) is 0 Å². The van der Waals surface area contributed by atoms with Crippen molar-refractivity contribution in [1.82, 2.24) is 14.5 Å². The summed E-state index contributed by atoms with van der Waals surface area (Å²) in [5, 5.41) is 4.65. The maximum absolute atomic E-state index is 13.4. The molecule has 0 spiro atoms. The molecular formula is C21H25BrN4O4S2. The Balaban J connectivity index is 1.63. The molecule has 2 amide bonds. The second-order valence-corrected chi connectivity index (χ2v) is 12.0. The molecule has 1 saturated carbocycles. The highest BCUT2D eigenvalue weighted by Crippen LogP contribution is 2.29. The van der Waals surface area contributed by atoms with Crippen molar-refractivity contribution in [2.75, 3.05) is 13.1 Å². The quantitative estimate of drug-likeness (QED) is 0.604. The Bertz CT molecular complexity index is 1080. The summed E-state index contributed by atoms with van der Waals surface area (Å²) < 4.78 is 28.6. The van der Waals surface area contributed by atoms with E-state index in [1.807, 2.05) is 0 Å². The summed E-state index contributed by atoms with van der Waals surface area (Å²) in [7, 11) is -3.93. The summed E-state index contributed by atoms with van der Waals surface area (Å²) >= 11 is 4.45. The van der Waals surface area contributed by atoms with Gasteiger partial charge in [-0.3, -0.25) is 9.59 Å². The third-order valence-electron chi connectivity index (χ3n) is 5.87. The monoisotopic (exact) mass is 540 g/mol. The number of carbonyl (C=O) groups is 2. The molecule has 2 heterocycles. The SMILES string of the molecule is NC1CCC(NC(=O)C2N(C(=O)c3cccc(Br)c3)CCN2S(=O)(=O)c2cccs2)CC1. The summed E-state index contributed by atoms with van der Waals surface area (Å²) in [6, 6.07) is 10.0. The molecule has 1 aliphatic heterocycles. The highest BCUT2D eigenvalue weighted by molar-refractivity contribution is 9.10. The number of sulfonamides is 1. The van der Waals surface area contributed by atoms with Crippen LogP contribution in [0.4, 0.5) is 0 Å². The minimum Gasteiger partial charge on any atom is -0.350 e. The van der Waals surface area contributed by atoms with Gasteiger partial charge in [-0.25, -0.2) is 8.42 Å². The van der Waals surface area contributed by atoms with Crippen LogP contribution in [0.3, 0.4) is 0 Å². The molecule has 3 N–H and O–H groups in total. The largest absolute Gasteiger partial charge is 0.350 e. The van der Waals surface area contributed by atoms with Crippen molar-refractivity contribution in [1.29, 1.82) is 0 Å². The Hall–Kier alpha value is -1.79. The van der Waals surface area contributed by atoms with E-state index in [9.17, 15) is 18.0 Å². The standard InChI is InChI=1S/C21H25BrN4O4S2/c22-15-4-1-3-14(13-15)21(28)25-10-11-26(32(29,30)18-5-2-12-31-18)20(25)19(27)24-17-8-6-16(23)7-9-17/h1-5,12-13,16-17,20H,6-11,23H2,(H,24,27). The van der Waals surface area contributed by atoms with Gasteiger partial charge in [0.25, 0.3) is 21.8 Å². The Morgan fingerprint density at radius 1 is 1.09 bits per heavy atom. The smallest absolute Gasteiger partial charge is 0.259 e. The second-order valence-electron chi connectivity index (χ2n) is 8.05. The van der Waals surface area contributed by atoms with Gasteiger partial charge in [0.1, 0.15) is 4.21 Å². The van der Waals surface area contributed by atoms with Crippen LogP contribution in [0.2, 0.25) is 0 Å². The first-order chi connectivity index (χ1) is 15.3. The molecule has 1 aliphatic carbocycles. The molecule has 0 radical (unpaired) electrons. The average molecular weight is 541 g/mol. The Morgan fingerprint density at radius 2 is 1.84 bits per heavy atom. The van der Waals surface area contributed by atoms with Gasteiger partial charge in [-0.2, -0.15) is 4.31 Å².